The van der Waals surface area contributed by atoms with Gasteiger partial charge in [-0.25, -0.2) is 0 Å². The zero-order valence-electron chi connectivity index (χ0n) is 5.98. The van der Waals surface area contributed by atoms with Gasteiger partial charge in [0.2, 0.25) is 0 Å². The standard InChI is InChI=1S/C9H8ClI/c10-9-5-7(11)3-4-8(9)6-1-2-6/h3-6H,1-2H2. The fourth-order valence-electron chi connectivity index (χ4n) is 1.23. The van der Waals surface area contributed by atoms with Crippen molar-refractivity contribution in [2.24, 2.45) is 0 Å². The maximum absolute atomic E-state index is 6.06. The van der Waals surface area contributed by atoms with Crippen LogP contribution in [0.5, 0.6) is 0 Å². The molecule has 0 spiro atoms. The summed E-state index contributed by atoms with van der Waals surface area (Å²) in [6.45, 7) is 0. The maximum atomic E-state index is 6.06. The summed E-state index contributed by atoms with van der Waals surface area (Å²) in [4.78, 5) is 0. The maximum Gasteiger partial charge on any atom is 0.0451 e. The quantitative estimate of drug-likeness (QED) is 0.685. The summed E-state index contributed by atoms with van der Waals surface area (Å²) in [5.41, 5.74) is 1.34. The summed E-state index contributed by atoms with van der Waals surface area (Å²) in [5.74, 6) is 0.763. The summed E-state index contributed by atoms with van der Waals surface area (Å²) in [7, 11) is 0. The molecule has 2 rings (SSSR count). The van der Waals surface area contributed by atoms with Gasteiger partial charge in [-0.3, -0.25) is 0 Å². The minimum atomic E-state index is 0.763. The highest BCUT2D eigenvalue weighted by molar-refractivity contribution is 14.1. The first kappa shape index (κ1) is 7.87. The van der Waals surface area contributed by atoms with E-state index in [0.717, 1.165) is 10.9 Å². The lowest BCUT2D eigenvalue weighted by Gasteiger charge is -2.00. The Morgan fingerprint density at radius 2 is 2.09 bits per heavy atom. The molecule has 0 nitrogen and oxygen atoms in total. The van der Waals surface area contributed by atoms with Gasteiger partial charge < -0.3 is 0 Å². The fraction of sp³-hybridized carbons (Fsp3) is 0.333. The molecule has 0 N–H and O–H groups in total. The molecule has 11 heavy (non-hydrogen) atoms. The molecule has 1 aromatic carbocycles. The lowest BCUT2D eigenvalue weighted by molar-refractivity contribution is 1.13. The molecule has 0 saturated heterocycles. The zero-order chi connectivity index (χ0) is 7.84. The van der Waals surface area contributed by atoms with Crippen LogP contribution in [0, 0.1) is 3.57 Å². The number of hydrogen-bond donors (Lipinski definition) is 0. The number of rotatable bonds is 1. The highest BCUT2D eigenvalue weighted by atomic mass is 127. The molecule has 1 fully saturated rings. The lowest BCUT2D eigenvalue weighted by atomic mass is 10.1. The molecule has 0 atom stereocenters. The van der Waals surface area contributed by atoms with E-state index in [0.29, 0.717) is 0 Å². The summed E-state index contributed by atoms with van der Waals surface area (Å²) < 4.78 is 1.22. The Balaban J connectivity index is 2.39. The van der Waals surface area contributed by atoms with Gasteiger partial charge in [0.1, 0.15) is 0 Å². The van der Waals surface area contributed by atoms with Crippen LogP contribution in [0.2, 0.25) is 5.02 Å². The lowest BCUT2D eigenvalue weighted by Crippen LogP contribution is -1.81. The molecule has 0 radical (unpaired) electrons. The van der Waals surface area contributed by atoms with Crippen molar-refractivity contribution in [1.29, 1.82) is 0 Å². The molecule has 1 saturated carbocycles. The third-order valence-electron chi connectivity index (χ3n) is 1.98. The van der Waals surface area contributed by atoms with Crippen LogP contribution in [0.3, 0.4) is 0 Å². The Morgan fingerprint density at radius 1 is 1.36 bits per heavy atom. The molecule has 58 valence electrons. The third-order valence-corrected chi connectivity index (χ3v) is 2.98. The first-order valence-corrected chi connectivity index (χ1v) is 5.18. The number of benzene rings is 1. The van der Waals surface area contributed by atoms with Crippen LogP contribution in [-0.2, 0) is 0 Å². The largest absolute Gasteiger partial charge is 0.0840 e. The molecular weight excluding hydrogens is 270 g/mol. The van der Waals surface area contributed by atoms with Crippen LogP contribution in [0.1, 0.15) is 24.3 Å². The molecule has 0 unspecified atom stereocenters. The van der Waals surface area contributed by atoms with E-state index in [2.05, 4.69) is 34.7 Å². The van der Waals surface area contributed by atoms with Gasteiger partial charge in [-0.15, -0.1) is 0 Å². The van der Waals surface area contributed by atoms with Crippen LogP contribution in [0.15, 0.2) is 18.2 Å². The molecular formula is C9H8ClI. The molecule has 1 aromatic rings. The average Bonchev–Trinajstić information content (AvgIpc) is 2.70. The van der Waals surface area contributed by atoms with Gasteiger partial charge in [0.15, 0.2) is 0 Å². The zero-order valence-corrected chi connectivity index (χ0v) is 8.89. The molecule has 1 aliphatic rings. The Morgan fingerprint density at radius 3 is 2.64 bits per heavy atom. The van der Waals surface area contributed by atoms with Crippen molar-refractivity contribution in [3.8, 4) is 0 Å². The van der Waals surface area contributed by atoms with Crippen molar-refractivity contribution in [3.63, 3.8) is 0 Å². The summed E-state index contributed by atoms with van der Waals surface area (Å²) in [6, 6.07) is 6.32. The van der Waals surface area contributed by atoms with Crippen LogP contribution in [-0.4, -0.2) is 0 Å². The highest BCUT2D eigenvalue weighted by Gasteiger charge is 2.25. The van der Waals surface area contributed by atoms with Gasteiger partial charge in [0, 0.05) is 8.59 Å². The van der Waals surface area contributed by atoms with Gasteiger partial charge in [0.25, 0.3) is 0 Å². The summed E-state index contributed by atoms with van der Waals surface area (Å²) >= 11 is 8.34. The first-order valence-electron chi connectivity index (χ1n) is 3.72. The molecule has 0 aliphatic heterocycles. The van der Waals surface area contributed by atoms with Crippen molar-refractivity contribution in [3.05, 3.63) is 32.4 Å². The molecule has 0 amide bonds. The third kappa shape index (κ3) is 1.70. The van der Waals surface area contributed by atoms with E-state index in [4.69, 9.17) is 11.6 Å². The van der Waals surface area contributed by atoms with E-state index in [1.807, 2.05) is 6.07 Å². The number of hydrogen-bond acceptors (Lipinski definition) is 0. The predicted molar refractivity (Wildman–Crippen MR) is 56.1 cm³/mol. The first-order chi connectivity index (χ1) is 5.27. The molecule has 0 bridgehead atoms. The normalized spacial score (nSPS) is 16.9. The van der Waals surface area contributed by atoms with Crippen molar-refractivity contribution in [1.82, 2.24) is 0 Å². The van der Waals surface area contributed by atoms with E-state index >= 15 is 0 Å². The van der Waals surface area contributed by atoms with Crippen LogP contribution < -0.4 is 0 Å². The Labute approximate surface area is 85.1 Å². The SMILES string of the molecule is Clc1cc(I)ccc1C1CC1. The Bertz CT molecular complexity index is 279. The fourth-order valence-corrected chi connectivity index (χ4v) is 2.24. The van der Waals surface area contributed by atoms with Crippen molar-refractivity contribution in [2.75, 3.05) is 0 Å². The van der Waals surface area contributed by atoms with Crippen molar-refractivity contribution < 1.29 is 0 Å². The monoisotopic (exact) mass is 278 g/mol. The Kier molecular flexibility index (Phi) is 2.10. The topological polar surface area (TPSA) is 0 Å². The van der Waals surface area contributed by atoms with E-state index in [1.54, 1.807) is 0 Å². The van der Waals surface area contributed by atoms with E-state index in [1.165, 1.54) is 22.0 Å². The van der Waals surface area contributed by atoms with Gasteiger partial charge in [-0.05, 0) is 59.0 Å². The Hall–Kier alpha value is 0.240. The minimum absolute atomic E-state index is 0.763. The van der Waals surface area contributed by atoms with E-state index < -0.39 is 0 Å². The van der Waals surface area contributed by atoms with Gasteiger partial charge in [-0.2, -0.15) is 0 Å². The second-order valence-electron chi connectivity index (χ2n) is 2.94. The highest BCUT2D eigenvalue weighted by Crippen LogP contribution is 2.43. The van der Waals surface area contributed by atoms with Crippen LogP contribution >= 0.6 is 34.2 Å². The summed E-state index contributed by atoms with van der Waals surface area (Å²) in [5, 5.41) is 0.944. The summed E-state index contributed by atoms with van der Waals surface area (Å²) in [6.07, 6.45) is 2.64. The van der Waals surface area contributed by atoms with Crippen molar-refractivity contribution >= 4 is 34.2 Å². The molecule has 0 aromatic heterocycles. The average molecular weight is 279 g/mol. The smallest absolute Gasteiger partial charge is 0.0451 e. The van der Waals surface area contributed by atoms with Gasteiger partial charge in [0.05, 0.1) is 0 Å². The van der Waals surface area contributed by atoms with E-state index in [9.17, 15) is 0 Å². The molecule has 1 aliphatic carbocycles. The van der Waals surface area contributed by atoms with Crippen molar-refractivity contribution in [2.45, 2.75) is 18.8 Å². The molecule has 2 heteroatoms. The predicted octanol–water partition coefficient (Wildman–Crippen LogP) is 3.82. The minimum Gasteiger partial charge on any atom is -0.0840 e. The number of halogens is 2. The molecule has 0 heterocycles. The van der Waals surface area contributed by atoms with Gasteiger partial charge >= 0.3 is 0 Å². The van der Waals surface area contributed by atoms with E-state index in [-0.39, 0.29) is 0 Å². The van der Waals surface area contributed by atoms with Crippen LogP contribution in [0.25, 0.3) is 0 Å². The second kappa shape index (κ2) is 2.94. The van der Waals surface area contributed by atoms with Gasteiger partial charge in [-0.1, -0.05) is 17.7 Å². The van der Waals surface area contributed by atoms with Crippen LogP contribution in [0.4, 0.5) is 0 Å². The second-order valence-corrected chi connectivity index (χ2v) is 4.59.